The lowest BCUT2D eigenvalue weighted by molar-refractivity contribution is -0.392. The van der Waals surface area contributed by atoms with Gasteiger partial charge in [-0.15, -0.1) is 0 Å². The van der Waals surface area contributed by atoms with Crippen molar-refractivity contribution in [2.75, 3.05) is 11.9 Å². The van der Waals surface area contributed by atoms with Gasteiger partial charge in [0.1, 0.15) is 19.3 Å². The van der Waals surface area contributed by atoms with Crippen LogP contribution >= 0.6 is 0 Å². The molecule has 0 radical (unpaired) electrons. The first-order valence-electron chi connectivity index (χ1n) is 8.20. The van der Waals surface area contributed by atoms with Crippen molar-refractivity contribution >= 4 is 23.4 Å². The SMILES string of the molecule is Cc1ncc([N+](=O)[O-])n1CCOC(=O)c1ccc(NC(=O)C2CC2)cc1. The maximum Gasteiger partial charge on any atom is 0.342 e. The number of hydrogen-bond donors (Lipinski definition) is 1. The third kappa shape index (κ3) is 4.05. The molecule has 1 aliphatic carbocycles. The molecule has 0 unspecified atom stereocenters. The highest BCUT2D eigenvalue weighted by molar-refractivity contribution is 5.95. The number of carbonyl (C=O) groups excluding carboxylic acids is 2. The number of benzene rings is 1. The molecule has 1 aromatic carbocycles. The summed E-state index contributed by atoms with van der Waals surface area (Å²) in [6, 6.07) is 6.41. The summed E-state index contributed by atoms with van der Waals surface area (Å²) < 4.78 is 6.54. The number of hydrogen-bond acceptors (Lipinski definition) is 6. The molecule has 9 heteroatoms. The fraction of sp³-hybridized carbons (Fsp3) is 0.353. The fourth-order valence-electron chi connectivity index (χ4n) is 2.47. The normalized spacial score (nSPS) is 13.3. The maximum atomic E-state index is 12.1. The van der Waals surface area contributed by atoms with E-state index in [9.17, 15) is 19.7 Å². The molecule has 9 nitrogen and oxygen atoms in total. The average molecular weight is 358 g/mol. The first-order valence-corrected chi connectivity index (χ1v) is 8.20. The quantitative estimate of drug-likeness (QED) is 0.461. The zero-order valence-corrected chi connectivity index (χ0v) is 14.2. The van der Waals surface area contributed by atoms with Crippen LogP contribution in [0, 0.1) is 23.0 Å². The van der Waals surface area contributed by atoms with Gasteiger partial charge in [0.25, 0.3) is 0 Å². The number of nitro groups is 1. The number of nitrogens with one attached hydrogen (secondary N) is 1. The molecule has 1 saturated carbocycles. The van der Waals surface area contributed by atoms with Crippen LogP contribution in [0.2, 0.25) is 0 Å². The molecule has 2 aromatic rings. The Kier molecular flexibility index (Phi) is 4.97. The molecule has 1 aliphatic rings. The number of nitrogens with zero attached hydrogens (tertiary/aromatic N) is 3. The van der Waals surface area contributed by atoms with Crippen LogP contribution in [0.3, 0.4) is 0 Å². The van der Waals surface area contributed by atoms with E-state index in [4.69, 9.17) is 4.74 Å². The molecule has 1 heterocycles. The second kappa shape index (κ2) is 7.34. The van der Waals surface area contributed by atoms with E-state index in [2.05, 4.69) is 10.3 Å². The van der Waals surface area contributed by atoms with Crippen LogP contribution in [0.1, 0.15) is 29.0 Å². The van der Waals surface area contributed by atoms with Crippen molar-refractivity contribution in [1.82, 2.24) is 9.55 Å². The zero-order valence-electron chi connectivity index (χ0n) is 14.2. The fourth-order valence-corrected chi connectivity index (χ4v) is 2.47. The summed E-state index contributed by atoms with van der Waals surface area (Å²) in [6.07, 6.45) is 3.02. The smallest absolute Gasteiger partial charge is 0.342 e. The molecule has 1 N–H and O–H groups in total. The van der Waals surface area contributed by atoms with Crippen molar-refractivity contribution in [2.45, 2.75) is 26.3 Å². The van der Waals surface area contributed by atoms with E-state index in [0.717, 1.165) is 12.8 Å². The summed E-state index contributed by atoms with van der Waals surface area (Å²) in [6.45, 7) is 1.77. The molecular weight excluding hydrogens is 340 g/mol. The molecule has 3 rings (SSSR count). The van der Waals surface area contributed by atoms with Gasteiger partial charge in [0, 0.05) is 18.5 Å². The van der Waals surface area contributed by atoms with Crippen molar-refractivity contribution < 1.29 is 19.2 Å². The van der Waals surface area contributed by atoms with Crippen molar-refractivity contribution in [3.8, 4) is 0 Å². The third-order valence-corrected chi connectivity index (χ3v) is 4.11. The molecule has 0 spiro atoms. The van der Waals surface area contributed by atoms with Crippen LogP contribution < -0.4 is 5.32 Å². The number of imidazole rings is 1. The summed E-state index contributed by atoms with van der Waals surface area (Å²) in [5.74, 6) is -0.101. The van der Waals surface area contributed by atoms with Gasteiger partial charge in [0.05, 0.1) is 5.56 Å². The molecular formula is C17H18N4O5. The van der Waals surface area contributed by atoms with Gasteiger partial charge in [-0.2, -0.15) is 0 Å². The van der Waals surface area contributed by atoms with Crippen LogP contribution in [0.25, 0.3) is 0 Å². The van der Waals surface area contributed by atoms with Gasteiger partial charge in [-0.1, -0.05) is 0 Å². The van der Waals surface area contributed by atoms with Gasteiger partial charge in [-0.25, -0.2) is 14.3 Å². The minimum Gasteiger partial charge on any atom is -0.458 e. The summed E-state index contributed by atoms with van der Waals surface area (Å²) in [7, 11) is 0. The molecule has 0 aliphatic heterocycles. The van der Waals surface area contributed by atoms with Gasteiger partial charge in [-0.3, -0.25) is 4.79 Å². The number of amides is 1. The van der Waals surface area contributed by atoms with Gasteiger partial charge in [0.15, 0.2) is 5.82 Å². The molecule has 1 amide bonds. The summed E-state index contributed by atoms with van der Waals surface area (Å²) >= 11 is 0. The molecule has 26 heavy (non-hydrogen) atoms. The van der Waals surface area contributed by atoms with Crippen LogP contribution in [-0.4, -0.2) is 33.0 Å². The molecule has 1 aromatic heterocycles. The monoisotopic (exact) mass is 358 g/mol. The Morgan fingerprint density at radius 2 is 2.04 bits per heavy atom. The highest BCUT2D eigenvalue weighted by Gasteiger charge is 2.29. The number of ether oxygens (including phenoxy) is 1. The highest BCUT2D eigenvalue weighted by Crippen LogP contribution is 2.30. The van der Waals surface area contributed by atoms with E-state index >= 15 is 0 Å². The summed E-state index contributed by atoms with van der Waals surface area (Å²) in [5, 5.41) is 13.7. The second-order valence-corrected chi connectivity index (χ2v) is 6.05. The Morgan fingerprint density at radius 1 is 1.35 bits per heavy atom. The van der Waals surface area contributed by atoms with Crippen molar-refractivity contribution in [3.63, 3.8) is 0 Å². The van der Waals surface area contributed by atoms with Gasteiger partial charge >= 0.3 is 11.8 Å². The summed E-state index contributed by atoms with van der Waals surface area (Å²) in [5.41, 5.74) is 0.967. The van der Waals surface area contributed by atoms with E-state index in [0.29, 0.717) is 17.1 Å². The number of anilines is 1. The lowest BCUT2D eigenvalue weighted by atomic mass is 10.2. The Bertz CT molecular complexity index is 839. The average Bonchev–Trinajstić information content (AvgIpc) is 3.40. The maximum absolute atomic E-state index is 12.1. The predicted octanol–water partition coefficient (Wildman–Crippen LogP) is 2.31. The largest absolute Gasteiger partial charge is 0.458 e. The number of aromatic nitrogens is 2. The Labute approximate surface area is 149 Å². The van der Waals surface area contributed by atoms with E-state index in [1.165, 1.54) is 10.8 Å². The highest BCUT2D eigenvalue weighted by atomic mass is 16.6. The molecule has 1 fully saturated rings. The number of aryl methyl sites for hydroxylation is 1. The number of carbonyl (C=O) groups is 2. The lowest BCUT2D eigenvalue weighted by Crippen LogP contribution is -2.15. The predicted molar refractivity (Wildman–Crippen MR) is 91.7 cm³/mol. The van der Waals surface area contributed by atoms with E-state index in [1.807, 2.05) is 0 Å². The van der Waals surface area contributed by atoms with Crippen molar-refractivity contribution in [3.05, 3.63) is 52.0 Å². The van der Waals surface area contributed by atoms with E-state index in [-0.39, 0.29) is 30.8 Å². The molecule has 0 atom stereocenters. The standard InChI is InChI=1S/C17H18N4O5/c1-11-18-10-15(21(24)25)20(11)8-9-26-17(23)13-4-6-14(7-5-13)19-16(22)12-2-3-12/h4-7,10,12H,2-3,8-9H2,1H3,(H,19,22). The van der Waals surface area contributed by atoms with E-state index in [1.54, 1.807) is 31.2 Å². The Hall–Kier alpha value is -3.23. The topological polar surface area (TPSA) is 116 Å². The third-order valence-electron chi connectivity index (χ3n) is 4.11. The van der Waals surface area contributed by atoms with Crippen molar-refractivity contribution in [1.29, 1.82) is 0 Å². The van der Waals surface area contributed by atoms with Crippen LogP contribution in [0.5, 0.6) is 0 Å². The van der Waals surface area contributed by atoms with Crippen LogP contribution in [0.4, 0.5) is 11.5 Å². The Morgan fingerprint density at radius 3 is 2.65 bits per heavy atom. The number of rotatable bonds is 7. The molecule has 0 saturated heterocycles. The van der Waals surface area contributed by atoms with Crippen LogP contribution in [0.15, 0.2) is 30.5 Å². The molecule has 136 valence electrons. The number of esters is 1. The lowest BCUT2D eigenvalue weighted by Gasteiger charge is -2.07. The first kappa shape index (κ1) is 17.6. The second-order valence-electron chi connectivity index (χ2n) is 6.05. The minimum absolute atomic E-state index is 0.00220. The van der Waals surface area contributed by atoms with Crippen molar-refractivity contribution in [2.24, 2.45) is 5.92 Å². The first-order chi connectivity index (χ1) is 12.5. The van der Waals surface area contributed by atoms with Crippen LogP contribution in [-0.2, 0) is 16.1 Å². The van der Waals surface area contributed by atoms with Gasteiger partial charge < -0.3 is 20.2 Å². The van der Waals surface area contributed by atoms with Gasteiger partial charge in [0.2, 0.25) is 5.91 Å². The zero-order chi connectivity index (χ0) is 18.7. The molecule has 0 bridgehead atoms. The van der Waals surface area contributed by atoms with Gasteiger partial charge in [-0.05, 0) is 42.0 Å². The minimum atomic E-state index is -0.537. The summed E-state index contributed by atoms with van der Waals surface area (Å²) in [4.78, 5) is 38.0. The Balaban J connectivity index is 1.52. The van der Waals surface area contributed by atoms with E-state index < -0.39 is 10.9 Å².